The summed E-state index contributed by atoms with van der Waals surface area (Å²) >= 11 is 0. The van der Waals surface area contributed by atoms with Gasteiger partial charge in [0.05, 0.1) is 0 Å². The molecule has 1 fully saturated rings. The van der Waals surface area contributed by atoms with Crippen molar-refractivity contribution in [3.05, 3.63) is 24.3 Å². The highest BCUT2D eigenvalue weighted by Gasteiger charge is 2.48. The Morgan fingerprint density at radius 2 is 0.917 bits per heavy atom. The van der Waals surface area contributed by atoms with Gasteiger partial charge in [0.15, 0.2) is 0 Å². The van der Waals surface area contributed by atoms with Crippen LogP contribution in [0.4, 0.5) is 0 Å². The quantitative estimate of drug-likeness (QED) is 0.478. The molecule has 0 amide bonds. The molecule has 4 aliphatic carbocycles. The fourth-order valence-electron chi connectivity index (χ4n) is 3.40. The maximum atomic E-state index is 2.47. The zero-order chi connectivity index (χ0) is 8.29. The average molecular weight is 160 g/mol. The van der Waals surface area contributed by atoms with E-state index < -0.39 is 0 Å². The molecular weight excluding hydrogens is 144 g/mol. The van der Waals surface area contributed by atoms with Crippen LogP contribution in [-0.4, -0.2) is 0 Å². The minimum Gasteiger partial charge on any atom is -0.0842 e. The van der Waals surface area contributed by atoms with Crippen LogP contribution in [-0.2, 0) is 0 Å². The van der Waals surface area contributed by atoms with Crippen LogP contribution >= 0.6 is 0 Å². The molecule has 0 aliphatic heterocycles. The molecule has 2 bridgehead atoms. The van der Waals surface area contributed by atoms with E-state index in [1.54, 1.807) is 0 Å². The first-order chi connectivity index (χ1) is 5.79. The minimum atomic E-state index is 0.861. The lowest BCUT2D eigenvalue weighted by Crippen LogP contribution is -2.48. The molecule has 0 heteroatoms. The van der Waals surface area contributed by atoms with Gasteiger partial charge >= 0.3 is 0 Å². The van der Waals surface area contributed by atoms with E-state index in [0.29, 0.717) is 0 Å². The summed E-state index contributed by atoms with van der Waals surface area (Å²) in [6.07, 6.45) is 9.79. The second-order valence-corrected chi connectivity index (χ2v) is 4.80. The summed E-state index contributed by atoms with van der Waals surface area (Å²) in [6.45, 7) is 4.85. The lowest BCUT2D eigenvalue weighted by Gasteiger charge is -2.54. The van der Waals surface area contributed by atoms with E-state index in [-0.39, 0.29) is 0 Å². The highest BCUT2D eigenvalue weighted by molar-refractivity contribution is 5.26. The lowest BCUT2D eigenvalue weighted by atomic mass is 9.50. The predicted molar refractivity (Wildman–Crippen MR) is 50.6 cm³/mol. The third-order valence-corrected chi connectivity index (χ3v) is 4.49. The van der Waals surface area contributed by atoms with Crippen LogP contribution in [0.3, 0.4) is 0 Å². The zero-order valence-electron chi connectivity index (χ0n) is 7.77. The van der Waals surface area contributed by atoms with Crippen LogP contribution in [0, 0.1) is 35.5 Å². The van der Waals surface area contributed by atoms with Crippen molar-refractivity contribution < 1.29 is 0 Å². The van der Waals surface area contributed by atoms with Crippen LogP contribution in [0.5, 0.6) is 0 Å². The van der Waals surface area contributed by atoms with Crippen molar-refractivity contribution in [1.29, 1.82) is 0 Å². The van der Waals surface area contributed by atoms with E-state index in [1.807, 2.05) is 0 Å². The molecular formula is C12H16. The monoisotopic (exact) mass is 160 g/mol. The van der Waals surface area contributed by atoms with E-state index in [1.165, 1.54) is 0 Å². The molecule has 1 saturated carbocycles. The number of allylic oxidation sites excluding steroid dienone is 4. The van der Waals surface area contributed by atoms with E-state index >= 15 is 0 Å². The molecule has 12 heavy (non-hydrogen) atoms. The second kappa shape index (κ2) is 2.04. The van der Waals surface area contributed by atoms with Gasteiger partial charge in [0.2, 0.25) is 0 Å². The smallest absolute Gasteiger partial charge is 0.00990 e. The SMILES string of the molecule is CC1C(C)C2C=CC1C1C=CC21. The molecule has 6 unspecified atom stereocenters. The zero-order valence-corrected chi connectivity index (χ0v) is 7.77. The summed E-state index contributed by atoms with van der Waals surface area (Å²) < 4.78 is 0. The van der Waals surface area contributed by atoms with Crippen LogP contribution in [0.25, 0.3) is 0 Å². The van der Waals surface area contributed by atoms with E-state index in [4.69, 9.17) is 0 Å². The molecule has 64 valence electrons. The summed E-state index contributed by atoms with van der Waals surface area (Å²) in [5, 5.41) is 0. The molecule has 4 aliphatic rings. The molecule has 0 aromatic heterocycles. The summed E-state index contributed by atoms with van der Waals surface area (Å²) in [5.41, 5.74) is 0. The maximum Gasteiger partial charge on any atom is -0.00990 e. The fraction of sp³-hybridized carbons (Fsp3) is 0.667. The molecule has 6 atom stereocenters. The Labute approximate surface area is 74.4 Å². The first kappa shape index (κ1) is 6.94. The van der Waals surface area contributed by atoms with Gasteiger partial charge in [-0.25, -0.2) is 0 Å². The Hall–Kier alpha value is -0.520. The van der Waals surface area contributed by atoms with Gasteiger partial charge in [-0.1, -0.05) is 38.2 Å². The average Bonchev–Trinajstić information content (AvgIpc) is 2.00. The molecule has 0 heterocycles. The molecule has 0 aromatic rings. The Balaban J connectivity index is 2.04. The Bertz CT molecular complexity index is 235. The largest absolute Gasteiger partial charge is 0.0842 e. The molecule has 0 saturated heterocycles. The summed E-state index contributed by atoms with van der Waals surface area (Å²) in [7, 11) is 0. The molecule has 0 aromatic carbocycles. The molecule has 0 nitrogen and oxygen atoms in total. The van der Waals surface area contributed by atoms with Crippen molar-refractivity contribution in [1.82, 2.24) is 0 Å². The van der Waals surface area contributed by atoms with Crippen LogP contribution < -0.4 is 0 Å². The fourth-order valence-corrected chi connectivity index (χ4v) is 3.40. The standard InChI is InChI=1S/C12H16/c1-7-8(2)10-4-3-9(7)11-5-6-12(10)11/h3-12H,1-2H3. The van der Waals surface area contributed by atoms with E-state index in [2.05, 4.69) is 38.2 Å². The maximum absolute atomic E-state index is 2.47. The molecule has 4 rings (SSSR count). The first-order valence-electron chi connectivity index (χ1n) is 5.15. The van der Waals surface area contributed by atoms with Gasteiger partial charge in [-0.3, -0.25) is 0 Å². The summed E-state index contributed by atoms with van der Waals surface area (Å²) in [5.74, 6) is 5.36. The van der Waals surface area contributed by atoms with Crippen LogP contribution in [0.15, 0.2) is 24.3 Å². The Kier molecular flexibility index (Phi) is 1.18. The second-order valence-electron chi connectivity index (χ2n) is 4.80. The third kappa shape index (κ3) is 0.608. The van der Waals surface area contributed by atoms with Gasteiger partial charge < -0.3 is 0 Å². The topological polar surface area (TPSA) is 0 Å². The van der Waals surface area contributed by atoms with Gasteiger partial charge in [-0.15, -0.1) is 0 Å². The van der Waals surface area contributed by atoms with Crippen molar-refractivity contribution in [3.8, 4) is 0 Å². The van der Waals surface area contributed by atoms with E-state index in [0.717, 1.165) is 35.5 Å². The summed E-state index contributed by atoms with van der Waals surface area (Å²) in [6, 6.07) is 0. The normalized spacial score (nSPS) is 59.8. The molecule has 0 N–H and O–H groups in total. The number of hydrogen-bond donors (Lipinski definition) is 0. The number of fused-ring (bicyclic) bond motifs is 1. The third-order valence-electron chi connectivity index (χ3n) is 4.49. The number of hydrogen-bond acceptors (Lipinski definition) is 0. The molecule has 0 radical (unpaired) electrons. The van der Waals surface area contributed by atoms with Crippen molar-refractivity contribution in [3.63, 3.8) is 0 Å². The highest BCUT2D eigenvalue weighted by atomic mass is 14.5. The highest BCUT2D eigenvalue weighted by Crippen LogP contribution is 2.55. The first-order valence-corrected chi connectivity index (χ1v) is 5.15. The Morgan fingerprint density at radius 1 is 0.583 bits per heavy atom. The van der Waals surface area contributed by atoms with Gasteiger partial charge in [-0.05, 0) is 35.5 Å². The van der Waals surface area contributed by atoms with Crippen molar-refractivity contribution >= 4 is 0 Å². The number of rotatable bonds is 0. The van der Waals surface area contributed by atoms with Crippen molar-refractivity contribution in [2.75, 3.05) is 0 Å². The Morgan fingerprint density at radius 3 is 1.25 bits per heavy atom. The van der Waals surface area contributed by atoms with Crippen molar-refractivity contribution in [2.24, 2.45) is 35.5 Å². The van der Waals surface area contributed by atoms with E-state index in [9.17, 15) is 0 Å². The molecule has 0 spiro atoms. The van der Waals surface area contributed by atoms with Crippen LogP contribution in [0.2, 0.25) is 0 Å². The predicted octanol–water partition coefficient (Wildman–Crippen LogP) is 2.88. The van der Waals surface area contributed by atoms with Gasteiger partial charge in [-0.2, -0.15) is 0 Å². The lowest BCUT2D eigenvalue weighted by molar-refractivity contribution is 0.0557. The van der Waals surface area contributed by atoms with Gasteiger partial charge in [0, 0.05) is 0 Å². The van der Waals surface area contributed by atoms with Gasteiger partial charge in [0.25, 0.3) is 0 Å². The van der Waals surface area contributed by atoms with Gasteiger partial charge in [0.1, 0.15) is 0 Å². The minimum absolute atomic E-state index is 0.861. The summed E-state index contributed by atoms with van der Waals surface area (Å²) in [4.78, 5) is 0. The van der Waals surface area contributed by atoms with Crippen molar-refractivity contribution in [2.45, 2.75) is 13.8 Å². The van der Waals surface area contributed by atoms with Crippen LogP contribution in [0.1, 0.15) is 13.8 Å².